The van der Waals surface area contributed by atoms with Gasteiger partial charge in [0, 0.05) is 18.6 Å². The van der Waals surface area contributed by atoms with Gasteiger partial charge in [0.25, 0.3) is 5.91 Å². The maximum Gasteiger partial charge on any atom is 0.277 e. The first kappa shape index (κ1) is 16.3. The molecule has 4 aromatic rings. The fraction of sp³-hybridized carbons (Fsp3) is 0.111. The van der Waals surface area contributed by atoms with E-state index >= 15 is 0 Å². The van der Waals surface area contributed by atoms with Crippen molar-refractivity contribution < 1.29 is 4.79 Å². The Balaban J connectivity index is 1.51. The number of aryl methyl sites for hydroxylation is 1. The highest BCUT2D eigenvalue weighted by Crippen LogP contribution is 2.21. The van der Waals surface area contributed by atoms with E-state index in [0.717, 1.165) is 5.56 Å². The number of carbonyl (C=O) groups is 1. The number of carbonyl (C=O) groups excluding carboxylic acids is 1. The molecule has 0 aliphatic rings. The molecular formula is C18H15ClN6O. The number of fused-ring (bicyclic) bond motifs is 1. The number of rotatable bonds is 4. The Hall–Kier alpha value is -3.19. The van der Waals surface area contributed by atoms with Crippen LogP contribution < -0.4 is 5.32 Å². The maximum atomic E-state index is 12.5. The number of benzene rings is 1. The number of anilines is 1. The Kier molecular flexibility index (Phi) is 4.14. The van der Waals surface area contributed by atoms with Gasteiger partial charge in [-0.15, -0.1) is 0 Å². The molecule has 1 N–H and O–H groups in total. The zero-order valence-corrected chi connectivity index (χ0v) is 14.7. The van der Waals surface area contributed by atoms with Crippen molar-refractivity contribution in [3.63, 3.8) is 0 Å². The van der Waals surface area contributed by atoms with Gasteiger partial charge in [-0.05, 0) is 18.6 Å². The zero-order chi connectivity index (χ0) is 18.1. The quantitative estimate of drug-likeness (QED) is 0.601. The third-order valence-corrected chi connectivity index (χ3v) is 4.22. The van der Waals surface area contributed by atoms with E-state index in [9.17, 15) is 4.79 Å². The SMILES string of the molecule is Cc1cccc(Cn2cc(NC(=O)c3nn4cccnc4c3Cl)cn2)c1. The van der Waals surface area contributed by atoms with Crippen LogP contribution >= 0.6 is 11.6 Å². The summed E-state index contributed by atoms with van der Waals surface area (Å²) in [5.74, 6) is -0.407. The van der Waals surface area contributed by atoms with Gasteiger partial charge < -0.3 is 5.32 Å². The summed E-state index contributed by atoms with van der Waals surface area (Å²) >= 11 is 6.22. The molecule has 0 fully saturated rings. The normalized spacial score (nSPS) is 11.0. The largest absolute Gasteiger partial charge is 0.318 e. The molecule has 0 saturated carbocycles. The average Bonchev–Trinajstić information content (AvgIpc) is 3.20. The van der Waals surface area contributed by atoms with Crippen molar-refractivity contribution in [2.24, 2.45) is 0 Å². The molecule has 7 nitrogen and oxygen atoms in total. The van der Waals surface area contributed by atoms with E-state index in [4.69, 9.17) is 11.6 Å². The molecule has 26 heavy (non-hydrogen) atoms. The number of amides is 1. The van der Waals surface area contributed by atoms with Crippen LogP contribution in [0, 0.1) is 6.92 Å². The van der Waals surface area contributed by atoms with Crippen LogP contribution in [0.1, 0.15) is 21.6 Å². The van der Waals surface area contributed by atoms with E-state index in [1.807, 2.05) is 25.1 Å². The lowest BCUT2D eigenvalue weighted by Crippen LogP contribution is -2.12. The van der Waals surface area contributed by atoms with Gasteiger partial charge in [-0.25, -0.2) is 9.50 Å². The van der Waals surface area contributed by atoms with E-state index in [1.54, 1.807) is 35.5 Å². The minimum atomic E-state index is -0.407. The summed E-state index contributed by atoms with van der Waals surface area (Å²) in [5, 5.41) is 11.4. The molecule has 0 aliphatic heterocycles. The van der Waals surface area contributed by atoms with Crippen LogP contribution in [0.4, 0.5) is 5.69 Å². The Morgan fingerprint density at radius 3 is 3.00 bits per heavy atom. The smallest absolute Gasteiger partial charge is 0.277 e. The van der Waals surface area contributed by atoms with E-state index in [-0.39, 0.29) is 10.7 Å². The van der Waals surface area contributed by atoms with E-state index in [2.05, 4.69) is 26.6 Å². The van der Waals surface area contributed by atoms with Gasteiger partial charge in [0.05, 0.1) is 18.4 Å². The van der Waals surface area contributed by atoms with Crippen LogP contribution in [0.3, 0.4) is 0 Å². The number of hydrogen-bond donors (Lipinski definition) is 1. The molecule has 4 rings (SSSR count). The molecule has 130 valence electrons. The molecule has 1 amide bonds. The fourth-order valence-electron chi connectivity index (χ4n) is 2.71. The van der Waals surface area contributed by atoms with Crippen LogP contribution in [0.15, 0.2) is 55.1 Å². The summed E-state index contributed by atoms with van der Waals surface area (Å²) in [5.41, 5.74) is 3.47. The Labute approximate surface area is 154 Å². The third-order valence-electron chi connectivity index (χ3n) is 3.87. The molecule has 0 unspecified atom stereocenters. The van der Waals surface area contributed by atoms with Crippen molar-refractivity contribution in [2.45, 2.75) is 13.5 Å². The number of hydrogen-bond acceptors (Lipinski definition) is 4. The summed E-state index contributed by atoms with van der Waals surface area (Å²) in [6.07, 6.45) is 6.64. The monoisotopic (exact) mass is 366 g/mol. The predicted octanol–water partition coefficient (Wildman–Crippen LogP) is 3.19. The van der Waals surface area contributed by atoms with Gasteiger partial charge >= 0.3 is 0 Å². The van der Waals surface area contributed by atoms with Crippen molar-refractivity contribution in [3.8, 4) is 0 Å². The lowest BCUT2D eigenvalue weighted by Gasteiger charge is -2.03. The van der Waals surface area contributed by atoms with Gasteiger partial charge in [-0.1, -0.05) is 41.4 Å². The van der Waals surface area contributed by atoms with Crippen molar-refractivity contribution in [2.75, 3.05) is 5.32 Å². The first-order valence-electron chi connectivity index (χ1n) is 7.98. The highest BCUT2D eigenvalue weighted by molar-refractivity contribution is 6.37. The van der Waals surface area contributed by atoms with Gasteiger partial charge in [0.1, 0.15) is 5.02 Å². The summed E-state index contributed by atoms with van der Waals surface area (Å²) in [6, 6.07) is 9.91. The highest BCUT2D eigenvalue weighted by atomic mass is 35.5. The van der Waals surface area contributed by atoms with Crippen LogP contribution in [0.2, 0.25) is 5.02 Å². The molecule has 0 aliphatic carbocycles. The Morgan fingerprint density at radius 2 is 2.19 bits per heavy atom. The van der Waals surface area contributed by atoms with Crippen molar-refractivity contribution in [1.82, 2.24) is 24.4 Å². The van der Waals surface area contributed by atoms with Gasteiger partial charge in [0.2, 0.25) is 0 Å². The second-order valence-electron chi connectivity index (χ2n) is 5.92. The number of halogens is 1. The van der Waals surface area contributed by atoms with E-state index in [1.165, 1.54) is 10.1 Å². The molecule has 0 spiro atoms. The summed E-state index contributed by atoms with van der Waals surface area (Å²) in [7, 11) is 0. The fourth-order valence-corrected chi connectivity index (χ4v) is 2.97. The zero-order valence-electron chi connectivity index (χ0n) is 13.9. The molecule has 0 bridgehead atoms. The molecule has 0 radical (unpaired) electrons. The molecular weight excluding hydrogens is 352 g/mol. The second kappa shape index (κ2) is 6.61. The maximum absolute atomic E-state index is 12.5. The lowest BCUT2D eigenvalue weighted by molar-refractivity contribution is 0.102. The molecule has 3 heterocycles. The minimum Gasteiger partial charge on any atom is -0.318 e. The van der Waals surface area contributed by atoms with Crippen LogP contribution in [-0.4, -0.2) is 30.3 Å². The summed E-state index contributed by atoms with van der Waals surface area (Å²) < 4.78 is 3.23. The van der Waals surface area contributed by atoms with Crippen molar-refractivity contribution in [1.29, 1.82) is 0 Å². The Morgan fingerprint density at radius 1 is 1.31 bits per heavy atom. The van der Waals surface area contributed by atoms with Gasteiger partial charge in [0.15, 0.2) is 11.3 Å². The summed E-state index contributed by atoms with van der Waals surface area (Å²) in [4.78, 5) is 16.6. The van der Waals surface area contributed by atoms with Crippen LogP contribution in [0.25, 0.3) is 5.65 Å². The van der Waals surface area contributed by atoms with Gasteiger partial charge in [-0.2, -0.15) is 10.2 Å². The molecule has 0 atom stereocenters. The molecule has 8 heteroatoms. The molecule has 0 saturated heterocycles. The number of nitrogens with zero attached hydrogens (tertiary/aromatic N) is 5. The average molecular weight is 367 g/mol. The second-order valence-corrected chi connectivity index (χ2v) is 6.30. The highest BCUT2D eigenvalue weighted by Gasteiger charge is 2.19. The predicted molar refractivity (Wildman–Crippen MR) is 98.5 cm³/mol. The van der Waals surface area contributed by atoms with E-state index < -0.39 is 5.91 Å². The number of aromatic nitrogens is 5. The van der Waals surface area contributed by atoms with Crippen molar-refractivity contribution in [3.05, 3.63) is 77.0 Å². The first-order chi connectivity index (χ1) is 12.6. The molecule has 1 aromatic carbocycles. The van der Waals surface area contributed by atoms with Crippen LogP contribution in [0.5, 0.6) is 0 Å². The first-order valence-corrected chi connectivity index (χ1v) is 8.36. The van der Waals surface area contributed by atoms with Gasteiger partial charge in [-0.3, -0.25) is 9.48 Å². The summed E-state index contributed by atoms with van der Waals surface area (Å²) in [6.45, 7) is 2.67. The standard InChI is InChI=1S/C18H15ClN6O/c1-12-4-2-5-13(8-12)10-24-11-14(9-21-24)22-18(26)16-15(19)17-20-6-3-7-25(17)23-16/h2-9,11H,10H2,1H3,(H,22,26). The number of nitrogens with one attached hydrogen (secondary N) is 1. The minimum absolute atomic E-state index is 0.122. The topological polar surface area (TPSA) is 77.1 Å². The molecule has 3 aromatic heterocycles. The Bertz CT molecular complexity index is 1100. The lowest BCUT2D eigenvalue weighted by atomic mass is 10.1. The van der Waals surface area contributed by atoms with E-state index in [0.29, 0.717) is 17.9 Å². The van der Waals surface area contributed by atoms with Crippen LogP contribution in [-0.2, 0) is 6.54 Å². The third kappa shape index (κ3) is 3.16. The van der Waals surface area contributed by atoms with Crippen molar-refractivity contribution >= 4 is 28.8 Å².